The van der Waals surface area contributed by atoms with Crippen LogP contribution in [0.4, 0.5) is 4.39 Å². The molecule has 2 nitrogen and oxygen atoms in total. The molecule has 1 N–H and O–H groups in total. The second-order valence-corrected chi connectivity index (χ2v) is 5.36. The number of halogens is 3. The van der Waals surface area contributed by atoms with Crippen molar-refractivity contribution in [1.82, 2.24) is 5.32 Å². The van der Waals surface area contributed by atoms with Crippen molar-refractivity contribution in [3.8, 4) is 5.75 Å². The summed E-state index contributed by atoms with van der Waals surface area (Å²) in [6.07, 6.45) is 0. The van der Waals surface area contributed by atoms with E-state index in [1.807, 2.05) is 13.0 Å². The van der Waals surface area contributed by atoms with Crippen molar-refractivity contribution < 1.29 is 9.13 Å². The third-order valence-electron chi connectivity index (χ3n) is 2.98. The Morgan fingerprint density at radius 2 is 1.95 bits per heavy atom. The molecular formula is C16H16Cl2FNO. The van der Waals surface area contributed by atoms with Crippen molar-refractivity contribution in [3.05, 3.63) is 63.4 Å². The number of nitrogens with one attached hydrogen (secondary N) is 1. The average Bonchev–Trinajstić information content (AvgIpc) is 2.47. The molecular weight excluding hydrogens is 312 g/mol. The lowest BCUT2D eigenvalue weighted by atomic mass is 10.2. The normalized spacial score (nSPS) is 10.7. The minimum atomic E-state index is -0.370. The Kier molecular flexibility index (Phi) is 5.85. The number of hydrogen-bond donors (Lipinski definition) is 1. The topological polar surface area (TPSA) is 21.3 Å². The summed E-state index contributed by atoms with van der Waals surface area (Å²) >= 11 is 11.8. The summed E-state index contributed by atoms with van der Waals surface area (Å²) in [7, 11) is 0. The molecule has 5 heteroatoms. The average molecular weight is 328 g/mol. The highest BCUT2D eigenvalue weighted by molar-refractivity contribution is 6.42. The first kappa shape index (κ1) is 16.1. The standard InChI is InChI=1S/C16H16Cl2FNO/c1-2-20-9-12-4-3-5-15(19)16(12)21-10-11-6-7-13(17)14(18)8-11/h3-8,20H,2,9-10H2,1H3. The van der Waals surface area contributed by atoms with Gasteiger partial charge in [-0.15, -0.1) is 0 Å². The summed E-state index contributed by atoms with van der Waals surface area (Å²) in [4.78, 5) is 0. The fraction of sp³-hybridized carbons (Fsp3) is 0.250. The van der Waals surface area contributed by atoms with E-state index in [0.29, 0.717) is 16.6 Å². The summed E-state index contributed by atoms with van der Waals surface area (Å²) in [6, 6.07) is 10.1. The summed E-state index contributed by atoms with van der Waals surface area (Å²) < 4.78 is 19.6. The molecule has 0 saturated carbocycles. The molecule has 0 atom stereocenters. The molecule has 0 saturated heterocycles. The molecule has 0 heterocycles. The van der Waals surface area contributed by atoms with Crippen LogP contribution in [-0.2, 0) is 13.2 Å². The number of rotatable bonds is 6. The summed E-state index contributed by atoms with van der Waals surface area (Å²) in [5.74, 6) is -0.102. The Morgan fingerprint density at radius 1 is 1.14 bits per heavy atom. The number of ether oxygens (including phenoxy) is 1. The molecule has 0 aliphatic carbocycles. The molecule has 0 aliphatic rings. The SMILES string of the molecule is CCNCc1cccc(F)c1OCc1ccc(Cl)c(Cl)c1. The monoisotopic (exact) mass is 327 g/mol. The Bertz CT molecular complexity index is 619. The molecule has 0 amide bonds. The van der Waals surface area contributed by atoms with E-state index in [-0.39, 0.29) is 18.2 Å². The lowest BCUT2D eigenvalue weighted by Crippen LogP contribution is -2.13. The van der Waals surface area contributed by atoms with E-state index >= 15 is 0 Å². The van der Waals surface area contributed by atoms with E-state index < -0.39 is 0 Å². The van der Waals surface area contributed by atoms with Crippen molar-refractivity contribution in [2.45, 2.75) is 20.1 Å². The molecule has 0 bridgehead atoms. The first-order valence-electron chi connectivity index (χ1n) is 6.66. The molecule has 0 radical (unpaired) electrons. The highest BCUT2D eigenvalue weighted by Crippen LogP contribution is 2.26. The molecule has 0 spiro atoms. The van der Waals surface area contributed by atoms with Gasteiger partial charge >= 0.3 is 0 Å². The van der Waals surface area contributed by atoms with Gasteiger partial charge < -0.3 is 10.1 Å². The van der Waals surface area contributed by atoms with Crippen LogP contribution in [0.1, 0.15) is 18.1 Å². The fourth-order valence-corrected chi connectivity index (χ4v) is 2.22. The van der Waals surface area contributed by atoms with Crippen LogP contribution in [0, 0.1) is 5.82 Å². The summed E-state index contributed by atoms with van der Waals surface area (Å²) in [6.45, 7) is 3.60. The Labute approximate surface area is 133 Å². The maximum atomic E-state index is 13.9. The predicted octanol–water partition coefficient (Wildman–Crippen LogP) is 4.82. The van der Waals surface area contributed by atoms with Gasteiger partial charge in [-0.1, -0.05) is 48.3 Å². The lowest BCUT2D eigenvalue weighted by Gasteiger charge is -2.13. The van der Waals surface area contributed by atoms with Gasteiger partial charge in [0, 0.05) is 12.1 Å². The van der Waals surface area contributed by atoms with Gasteiger partial charge in [0.2, 0.25) is 0 Å². The van der Waals surface area contributed by atoms with Crippen LogP contribution in [0.2, 0.25) is 10.0 Å². The Balaban J connectivity index is 2.13. The van der Waals surface area contributed by atoms with Gasteiger partial charge in [-0.05, 0) is 30.3 Å². The molecule has 0 aliphatic heterocycles. The highest BCUT2D eigenvalue weighted by Gasteiger charge is 2.10. The third kappa shape index (κ3) is 4.34. The fourth-order valence-electron chi connectivity index (χ4n) is 1.90. The van der Waals surface area contributed by atoms with Gasteiger partial charge in [0.25, 0.3) is 0 Å². The quantitative estimate of drug-likeness (QED) is 0.821. The zero-order chi connectivity index (χ0) is 15.2. The Morgan fingerprint density at radius 3 is 2.67 bits per heavy atom. The van der Waals surface area contributed by atoms with E-state index in [0.717, 1.165) is 17.7 Å². The minimum absolute atomic E-state index is 0.233. The van der Waals surface area contributed by atoms with Crippen molar-refractivity contribution >= 4 is 23.2 Å². The largest absolute Gasteiger partial charge is 0.485 e. The molecule has 0 fully saturated rings. The van der Waals surface area contributed by atoms with Crippen LogP contribution in [-0.4, -0.2) is 6.54 Å². The van der Waals surface area contributed by atoms with Crippen LogP contribution in [0.15, 0.2) is 36.4 Å². The van der Waals surface area contributed by atoms with E-state index in [1.165, 1.54) is 6.07 Å². The molecule has 112 valence electrons. The smallest absolute Gasteiger partial charge is 0.165 e. The van der Waals surface area contributed by atoms with Gasteiger partial charge in [0.1, 0.15) is 6.61 Å². The van der Waals surface area contributed by atoms with Crippen molar-refractivity contribution in [3.63, 3.8) is 0 Å². The summed E-state index contributed by atoms with van der Waals surface area (Å²) in [5, 5.41) is 4.10. The predicted molar refractivity (Wildman–Crippen MR) is 84.6 cm³/mol. The minimum Gasteiger partial charge on any atom is -0.485 e. The highest BCUT2D eigenvalue weighted by atomic mass is 35.5. The van der Waals surface area contributed by atoms with Crippen molar-refractivity contribution in [2.24, 2.45) is 0 Å². The molecule has 0 unspecified atom stereocenters. The van der Waals surface area contributed by atoms with Crippen molar-refractivity contribution in [1.29, 1.82) is 0 Å². The zero-order valence-electron chi connectivity index (χ0n) is 11.6. The second-order valence-electron chi connectivity index (χ2n) is 4.55. The molecule has 2 aromatic carbocycles. The number of para-hydroxylation sites is 1. The van der Waals surface area contributed by atoms with E-state index in [4.69, 9.17) is 27.9 Å². The van der Waals surface area contributed by atoms with E-state index in [2.05, 4.69) is 5.32 Å². The van der Waals surface area contributed by atoms with E-state index in [1.54, 1.807) is 24.3 Å². The lowest BCUT2D eigenvalue weighted by molar-refractivity contribution is 0.286. The van der Waals surface area contributed by atoms with Gasteiger partial charge in [0.15, 0.2) is 11.6 Å². The van der Waals surface area contributed by atoms with Crippen LogP contribution in [0.25, 0.3) is 0 Å². The maximum Gasteiger partial charge on any atom is 0.165 e. The van der Waals surface area contributed by atoms with Crippen LogP contribution in [0.3, 0.4) is 0 Å². The Hall–Kier alpha value is -1.29. The molecule has 2 rings (SSSR count). The first-order chi connectivity index (χ1) is 10.1. The summed E-state index contributed by atoms with van der Waals surface area (Å²) in [5.41, 5.74) is 1.62. The van der Waals surface area contributed by atoms with Gasteiger partial charge in [-0.2, -0.15) is 0 Å². The number of benzene rings is 2. The zero-order valence-corrected chi connectivity index (χ0v) is 13.1. The van der Waals surface area contributed by atoms with Gasteiger partial charge in [0.05, 0.1) is 10.0 Å². The van der Waals surface area contributed by atoms with Crippen LogP contribution in [0.5, 0.6) is 5.75 Å². The molecule has 21 heavy (non-hydrogen) atoms. The maximum absolute atomic E-state index is 13.9. The van der Waals surface area contributed by atoms with Crippen molar-refractivity contribution in [2.75, 3.05) is 6.54 Å². The van der Waals surface area contributed by atoms with Gasteiger partial charge in [-0.3, -0.25) is 0 Å². The van der Waals surface area contributed by atoms with Crippen LogP contribution >= 0.6 is 23.2 Å². The molecule has 0 aromatic heterocycles. The van der Waals surface area contributed by atoms with E-state index in [9.17, 15) is 4.39 Å². The first-order valence-corrected chi connectivity index (χ1v) is 7.42. The second kappa shape index (κ2) is 7.64. The third-order valence-corrected chi connectivity index (χ3v) is 3.72. The number of hydrogen-bond acceptors (Lipinski definition) is 2. The molecule has 2 aromatic rings. The van der Waals surface area contributed by atoms with Gasteiger partial charge in [-0.25, -0.2) is 4.39 Å². The van der Waals surface area contributed by atoms with Crippen LogP contribution < -0.4 is 10.1 Å².